The summed E-state index contributed by atoms with van der Waals surface area (Å²) in [5.41, 5.74) is 1.38. The van der Waals surface area contributed by atoms with E-state index in [-0.39, 0.29) is 5.56 Å². The van der Waals surface area contributed by atoms with Crippen molar-refractivity contribution >= 4 is 5.78 Å². The second-order valence-electron chi connectivity index (χ2n) is 3.34. The smallest absolute Gasteiger partial charge is 0.277 e. The summed E-state index contributed by atoms with van der Waals surface area (Å²) in [6, 6.07) is 0. The molecule has 0 atom stereocenters. The molecule has 15 heavy (non-hydrogen) atoms. The van der Waals surface area contributed by atoms with Gasteiger partial charge in [-0.25, -0.2) is 9.97 Å². The van der Waals surface area contributed by atoms with Crippen LogP contribution in [0.25, 0.3) is 5.78 Å². The molecule has 0 amide bonds. The van der Waals surface area contributed by atoms with Crippen LogP contribution >= 0.6 is 0 Å². The number of aromatic amines is 1. The lowest BCUT2D eigenvalue weighted by atomic mass is 10.1. The first-order chi connectivity index (χ1) is 7.24. The highest BCUT2D eigenvalue weighted by molar-refractivity contribution is 5.30. The number of H-pyrrole nitrogens is 1. The molecule has 2 aromatic heterocycles. The summed E-state index contributed by atoms with van der Waals surface area (Å²) in [6.07, 6.45) is 4.82. The summed E-state index contributed by atoms with van der Waals surface area (Å²) in [7, 11) is 0. The second kappa shape index (κ2) is 3.68. The number of hydrogen-bond acceptors (Lipinski definition) is 3. The van der Waals surface area contributed by atoms with Gasteiger partial charge in [0.05, 0.1) is 5.69 Å². The van der Waals surface area contributed by atoms with Gasteiger partial charge in [0.1, 0.15) is 6.33 Å². The molecular formula is C10H12N4O. The van der Waals surface area contributed by atoms with E-state index in [9.17, 15) is 4.79 Å². The third-order valence-corrected chi connectivity index (χ3v) is 2.34. The Bertz CT molecular complexity index is 552. The summed E-state index contributed by atoms with van der Waals surface area (Å²) in [4.78, 5) is 20.1. The van der Waals surface area contributed by atoms with E-state index in [1.165, 1.54) is 10.8 Å². The molecule has 5 nitrogen and oxygen atoms in total. The Morgan fingerprint density at radius 3 is 3.20 bits per heavy atom. The molecule has 0 radical (unpaired) electrons. The fourth-order valence-corrected chi connectivity index (χ4v) is 1.47. The van der Waals surface area contributed by atoms with Crippen LogP contribution in [0.15, 0.2) is 23.8 Å². The lowest BCUT2D eigenvalue weighted by Gasteiger charge is -2.02. The van der Waals surface area contributed by atoms with Gasteiger partial charge in [0.15, 0.2) is 0 Å². The van der Waals surface area contributed by atoms with E-state index in [0.29, 0.717) is 11.3 Å². The molecule has 5 heteroatoms. The van der Waals surface area contributed by atoms with Crippen LogP contribution in [-0.4, -0.2) is 19.6 Å². The van der Waals surface area contributed by atoms with Gasteiger partial charge in [-0.1, -0.05) is 6.08 Å². The maximum atomic E-state index is 11.8. The predicted octanol–water partition coefficient (Wildman–Crippen LogP) is 0.845. The molecule has 0 saturated carbocycles. The van der Waals surface area contributed by atoms with E-state index in [1.54, 1.807) is 6.92 Å². The van der Waals surface area contributed by atoms with Gasteiger partial charge in [0.25, 0.3) is 11.3 Å². The zero-order valence-electron chi connectivity index (χ0n) is 8.53. The fraction of sp³-hybridized carbons (Fsp3) is 0.300. The van der Waals surface area contributed by atoms with Crippen molar-refractivity contribution in [2.45, 2.75) is 19.8 Å². The predicted molar refractivity (Wildman–Crippen MR) is 56.9 cm³/mol. The van der Waals surface area contributed by atoms with Crippen LogP contribution < -0.4 is 5.56 Å². The van der Waals surface area contributed by atoms with Gasteiger partial charge in [0.2, 0.25) is 0 Å². The first-order valence-corrected chi connectivity index (χ1v) is 4.76. The van der Waals surface area contributed by atoms with Crippen molar-refractivity contribution in [3.05, 3.63) is 40.6 Å². The van der Waals surface area contributed by atoms with Crippen LogP contribution in [0, 0.1) is 6.92 Å². The number of nitrogens with one attached hydrogen (secondary N) is 1. The molecule has 78 valence electrons. The lowest BCUT2D eigenvalue weighted by molar-refractivity contribution is 0.839. The van der Waals surface area contributed by atoms with E-state index in [1.807, 2.05) is 6.08 Å². The van der Waals surface area contributed by atoms with Crippen molar-refractivity contribution in [3.8, 4) is 0 Å². The molecule has 0 aliphatic heterocycles. The van der Waals surface area contributed by atoms with Crippen LogP contribution in [0.5, 0.6) is 0 Å². The Morgan fingerprint density at radius 2 is 2.47 bits per heavy atom. The number of nitrogens with zero attached hydrogens (tertiary/aromatic N) is 3. The summed E-state index contributed by atoms with van der Waals surface area (Å²) in [5.74, 6) is 0.421. The zero-order valence-corrected chi connectivity index (χ0v) is 8.53. The van der Waals surface area contributed by atoms with Gasteiger partial charge in [-0.3, -0.25) is 9.89 Å². The Morgan fingerprint density at radius 1 is 1.67 bits per heavy atom. The molecule has 0 saturated heterocycles. The zero-order chi connectivity index (χ0) is 10.8. The Labute approximate surface area is 86.5 Å². The minimum atomic E-state index is -0.0865. The highest BCUT2D eigenvalue weighted by atomic mass is 16.1. The van der Waals surface area contributed by atoms with Crippen molar-refractivity contribution < 1.29 is 0 Å². The summed E-state index contributed by atoms with van der Waals surface area (Å²) in [6.45, 7) is 5.43. The summed E-state index contributed by atoms with van der Waals surface area (Å²) in [5, 5.41) is 2.72. The number of hydrogen-bond donors (Lipinski definition) is 1. The summed E-state index contributed by atoms with van der Waals surface area (Å²) >= 11 is 0. The number of aromatic nitrogens is 4. The lowest BCUT2D eigenvalue weighted by Crippen LogP contribution is -2.20. The molecule has 2 aromatic rings. The Hall–Kier alpha value is -1.91. The number of allylic oxidation sites excluding steroid dienone is 1. The third kappa shape index (κ3) is 1.56. The van der Waals surface area contributed by atoms with Crippen molar-refractivity contribution in [1.82, 2.24) is 19.6 Å². The SMILES string of the molecule is C=CCCc1nc2nc[nH]n2c(=O)c1C. The number of aryl methyl sites for hydroxylation is 1. The topological polar surface area (TPSA) is 63.1 Å². The third-order valence-electron chi connectivity index (χ3n) is 2.34. The second-order valence-corrected chi connectivity index (χ2v) is 3.34. The van der Waals surface area contributed by atoms with Gasteiger partial charge >= 0.3 is 0 Å². The monoisotopic (exact) mass is 204 g/mol. The largest absolute Gasteiger partial charge is 0.278 e. The molecule has 2 rings (SSSR count). The highest BCUT2D eigenvalue weighted by Crippen LogP contribution is 2.04. The average Bonchev–Trinajstić information content (AvgIpc) is 2.69. The van der Waals surface area contributed by atoms with Gasteiger partial charge in [-0.15, -0.1) is 6.58 Å². The molecule has 0 unspecified atom stereocenters. The molecular weight excluding hydrogens is 192 g/mol. The summed E-state index contributed by atoms with van der Waals surface area (Å²) < 4.78 is 1.34. The van der Waals surface area contributed by atoms with Crippen molar-refractivity contribution in [1.29, 1.82) is 0 Å². The number of fused-ring (bicyclic) bond motifs is 1. The molecule has 0 aromatic carbocycles. The normalized spacial score (nSPS) is 10.7. The fourth-order valence-electron chi connectivity index (χ4n) is 1.47. The van der Waals surface area contributed by atoms with Gasteiger partial charge < -0.3 is 0 Å². The van der Waals surface area contributed by atoms with E-state index in [4.69, 9.17) is 0 Å². The molecule has 1 N–H and O–H groups in total. The molecule has 0 aliphatic rings. The quantitative estimate of drug-likeness (QED) is 0.754. The van der Waals surface area contributed by atoms with Crippen LogP contribution in [0.1, 0.15) is 17.7 Å². The van der Waals surface area contributed by atoms with Crippen LogP contribution in [0.2, 0.25) is 0 Å². The maximum Gasteiger partial charge on any atom is 0.277 e. The van der Waals surface area contributed by atoms with Crippen LogP contribution in [0.3, 0.4) is 0 Å². The van der Waals surface area contributed by atoms with Crippen LogP contribution in [-0.2, 0) is 6.42 Å². The Balaban J connectivity index is 2.59. The first kappa shape index (κ1) is 9.64. The van der Waals surface area contributed by atoms with Crippen molar-refractivity contribution in [3.63, 3.8) is 0 Å². The first-order valence-electron chi connectivity index (χ1n) is 4.76. The van der Waals surface area contributed by atoms with Crippen LogP contribution in [0.4, 0.5) is 0 Å². The van der Waals surface area contributed by atoms with Gasteiger partial charge in [-0.05, 0) is 19.8 Å². The number of rotatable bonds is 3. The maximum absolute atomic E-state index is 11.8. The minimum Gasteiger partial charge on any atom is -0.278 e. The van der Waals surface area contributed by atoms with E-state index in [2.05, 4.69) is 21.6 Å². The molecule has 0 fully saturated rings. The van der Waals surface area contributed by atoms with Crippen molar-refractivity contribution in [2.24, 2.45) is 0 Å². The molecule has 0 bridgehead atoms. The standard InChI is InChI=1S/C10H12N4O/c1-3-4-5-8-7(2)9(15)14-10(13-8)11-6-12-14/h3,6H,1,4-5H2,2H3,(H,11,12,13). The molecule has 2 heterocycles. The van der Waals surface area contributed by atoms with Crippen molar-refractivity contribution in [2.75, 3.05) is 0 Å². The van der Waals surface area contributed by atoms with E-state index >= 15 is 0 Å². The van der Waals surface area contributed by atoms with Gasteiger partial charge in [-0.2, -0.15) is 4.52 Å². The van der Waals surface area contributed by atoms with Gasteiger partial charge in [0, 0.05) is 5.56 Å². The Kier molecular flexibility index (Phi) is 2.37. The highest BCUT2D eigenvalue weighted by Gasteiger charge is 2.08. The molecule has 0 spiro atoms. The van der Waals surface area contributed by atoms with E-state index < -0.39 is 0 Å². The van der Waals surface area contributed by atoms with E-state index in [0.717, 1.165) is 18.5 Å². The average molecular weight is 204 g/mol. The molecule has 0 aliphatic carbocycles. The minimum absolute atomic E-state index is 0.0865.